The Labute approximate surface area is 140 Å². The van der Waals surface area contributed by atoms with Gasteiger partial charge in [0.1, 0.15) is 5.75 Å². The van der Waals surface area contributed by atoms with E-state index in [9.17, 15) is 0 Å². The van der Waals surface area contributed by atoms with Crippen molar-refractivity contribution in [3.8, 4) is 5.75 Å². The molecule has 0 saturated carbocycles. The lowest BCUT2D eigenvalue weighted by Gasteiger charge is -2.10. The fraction of sp³-hybridized carbons (Fsp3) is 0.333. The molecule has 1 heterocycles. The third-order valence-corrected chi connectivity index (χ3v) is 5.44. The number of thiophene rings is 1. The molecule has 0 saturated heterocycles. The molecule has 20 heavy (non-hydrogen) atoms. The van der Waals surface area contributed by atoms with Crippen LogP contribution in [0.4, 0.5) is 0 Å². The van der Waals surface area contributed by atoms with Gasteiger partial charge < -0.3 is 10.1 Å². The maximum absolute atomic E-state index is 5.31. The molecule has 0 radical (unpaired) electrons. The van der Waals surface area contributed by atoms with Gasteiger partial charge in [-0.3, -0.25) is 0 Å². The van der Waals surface area contributed by atoms with E-state index in [0.29, 0.717) is 0 Å². The van der Waals surface area contributed by atoms with Gasteiger partial charge >= 0.3 is 0 Å². The Morgan fingerprint density at radius 2 is 1.75 bits per heavy atom. The molecule has 2 nitrogen and oxygen atoms in total. The predicted octanol–water partition coefficient (Wildman–Crippen LogP) is 5.19. The van der Waals surface area contributed by atoms with E-state index in [0.717, 1.165) is 27.8 Å². The van der Waals surface area contributed by atoms with Gasteiger partial charge in [0.2, 0.25) is 0 Å². The van der Waals surface area contributed by atoms with E-state index in [1.54, 1.807) is 7.11 Å². The van der Waals surface area contributed by atoms with Crippen LogP contribution in [0, 0.1) is 13.8 Å². The zero-order chi connectivity index (χ0) is 14.7. The Morgan fingerprint density at radius 3 is 2.25 bits per heavy atom. The fourth-order valence-electron chi connectivity index (χ4n) is 1.98. The standard InChI is InChI=1S/C15H17Br2NOS/c1-9-4-12(20-10(9)2)8-18-7-11-5-13(16)15(19-3)14(17)6-11/h4-6,18H,7-8H2,1-3H3. The smallest absolute Gasteiger partial charge is 0.147 e. The van der Waals surface area contributed by atoms with Gasteiger partial charge in [0.15, 0.2) is 0 Å². The summed E-state index contributed by atoms with van der Waals surface area (Å²) in [4.78, 5) is 2.78. The molecule has 0 amide bonds. The number of rotatable bonds is 5. The van der Waals surface area contributed by atoms with Gasteiger partial charge in [0.25, 0.3) is 0 Å². The van der Waals surface area contributed by atoms with E-state index in [4.69, 9.17) is 4.74 Å². The van der Waals surface area contributed by atoms with Crippen LogP contribution in [0.5, 0.6) is 5.75 Å². The number of ether oxygens (including phenoxy) is 1. The number of aryl methyl sites for hydroxylation is 2. The van der Waals surface area contributed by atoms with Crippen molar-refractivity contribution >= 4 is 43.2 Å². The summed E-state index contributed by atoms with van der Waals surface area (Å²) in [6.45, 7) is 6.06. The average Bonchev–Trinajstić information content (AvgIpc) is 2.68. The zero-order valence-electron chi connectivity index (χ0n) is 11.7. The Morgan fingerprint density at radius 1 is 1.10 bits per heavy atom. The summed E-state index contributed by atoms with van der Waals surface area (Å²) < 4.78 is 7.24. The average molecular weight is 419 g/mol. The van der Waals surface area contributed by atoms with Crippen LogP contribution in [0.3, 0.4) is 0 Å². The molecule has 0 atom stereocenters. The summed E-state index contributed by atoms with van der Waals surface area (Å²) in [6, 6.07) is 6.43. The highest BCUT2D eigenvalue weighted by Crippen LogP contribution is 2.34. The van der Waals surface area contributed by atoms with E-state index < -0.39 is 0 Å². The molecule has 0 fully saturated rings. The Hall–Kier alpha value is -0.360. The molecular formula is C15H17Br2NOS. The first-order valence-electron chi connectivity index (χ1n) is 6.29. The second-order valence-corrected chi connectivity index (χ2v) is 7.70. The molecule has 108 valence electrons. The van der Waals surface area contributed by atoms with Crippen LogP contribution in [0.2, 0.25) is 0 Å². The molecule has 2 aromatic rings. The molecule has 1 aromatic carbocycles. The van der Waals surface area contributed by atoms with Crippen LogP contribution in [0.1, 0.15) is 20.9 Å². The number of hydrogen-bond donors (Lipinski definition) is 1. The van der Waals surface area contributed by atoms with Crippen LogP contribution in [0.15, 0.2) is 27.1 Å². The summed E-state index contributed by atoms with van der Waals surface area (Å²) in [5.74, 6) is 0.832. The Kier molecular flexibility index (Phi) is 5.66. The van der Waals surface area contributed by atoms with Crippen molar-refractivity contribution in [2.45, 2.75) is 26.9 Å². The lowest BCUT2D eigenvalue weighted by Crippen LogP contribution is -2.11. The second-order valence-electron chi connectivity index (χ2n) is 4.65. The van der Waals surface area contributed by atoms with Crippen LogP contribution in [-0.4, -0.2) is 7.11 Å². The van der Waals surface area contributed by atoms with Crippen LogP contribution < -0.4 is 10.1 Å². The van der Waals surface area contributed by atoms with Crippen molar-refractivity contribution in [2.75, 3.05) is 7.11 Å². The van der Waals surface area contributed by atoms with Crippen molar-refractivity contribution in [3.05, 3.63) is 48.0 Å². The zero-order valence-corrected chi connectivity index (χ0v) is 15.7. The van der Waals surface area contributed by atoms with E-state index in [1.165, 1.54) is 20.9 Å². The topological polar surface area (TPSA) is 21.3 Å². The van der Waals surface area contributed by atoms with Crippen LogP contribution in [0.25, 0.3) is 0 Å². The van der Waals surface area contributed by atoms with Gasteiger partial charge in [-0.25, -0.2) is 0 Å². The molecule has 0 aliphatic carbocycles. The van der Waals surface area contributed by atoms with E-state index >= 15 is 0 Å². The van der Waals surface area contributed by atoms with Crippen molar-refractivity contribution in [3.63, 3.8) is 0 Å². The van der Waals surface area contributed by atoms with Crippen molar-refractivity contribution < 1.29 is 4.74 Å². The Balaban J connectivity index is 1.97. The minimum atomic E-state index is 0.831. The monoisotopic (exact) mass is 417 g/mol. The first-order chi connectivity index (χ1) is 9.51. The first kappa shape index (κ1) is 16.0. The van der Waals surface area contributed by atoms with Crippen molar-refractivity contribution in [1.29, 1.82) is 0 Å². The van der Waals surface area contributed by atoms with Gasteiger partial charge in [-0.1, -0.05) is 0 Å². The normalized spacial score (nSPS) is 10.8. The van der Waals surface area contributed by atoms with Gasteiger partial charge in [-0.15, -0.1) is 11.3 Å². The quantitative estimate of drug-likeness (QED) is 0.721. The number of hydrogen-bond acceptors (Lipinski definition) is 3. The molecule has 0 spiro atoms. The highest BCUT2D eigenvalue weighted by Gasteiger charge is 2.08. The molecule has 2 rings (SSSR count). The summed E-state index contributed by atoms with van der Waals surface area (Å²) in [7, 11) is 1.67. The molecule has 0 bridgehead atoms. The highest BCUT2D eigenvalue weighted by molar-refractivity contribution is 9.11. The summed E-state index contributed by atoms with van der Waals surface area (Å²) in [6.07, 6.45) is 0. The molecule has 1 N–H and O–H groups in total. The minimum Gasteiger partial charge on any atom is -0.494 e. The summed E-state index contributed by atoms with van der Waals surface area (Å²) in [5.41, 5.74) is 2.59. The minimum absolute atomic E-state index is 0.831. The van der Waals surface area contributed by atoms with E-state index in [-0.39, 0.29) is 0 Å². The lowest BCUT2D eigenvalue weighted by atomic mass is 10.2. The number of methoxy groups -OCH3 is 1. The molecule has 0 aliphatic rings. The van der Waals surface area contributed by atoms with Gasteiger partial charge in [-0.2, -0.15) is 0 Å². The lowest BCUT2D eigenvalue weighted by molar-refractivity contribution is 0.409. The summed E-state index contributed by atoms with van der Waals surface area (Å²) in [5, 5.41) is 3.48. The van der Waals surface area contributed by atoms with E-state index in [1.807, 2.05) is 11.3 Å². The predicted molar refractivity (Wildman–Crippen MR) is 92.7 cm³/mol. The second kappa shape index (κ2) is 7.07. The first-order valence-corrected chi connectivity index (χ1v) is 8.70. The summed E-state index contributed by atoms with van der Waals surface area (Å²) >= 11 is 8.92. The van der Waals surface area contributed by atoms with Gasteiger partial charge in [-0.05, 0) is 75.0 Å². The van der Waals surface area contributed by atoms with Gasteiger partial charge in [0, 0.05) is 22.8 Å². The van der Waals surface area contributed by atoms with Gasteiger partial charge in [0.05, 0.1) is 16.1 Å². The molecule has 0 aliphatic heterocycles. The third kappa shape index (κ3) is 3.85. The maximum atomic E-state index is 5.31. The number of halogens is 2. The maximum Gasteiger partial charge on any atom is 0.147 e. The third-order valence-electron chi connectivity index (χ3n) is 3.11. The van der Waals surface area contributed by atoms with Crippen molar-refractivity contribution in [2.24, 2.45) is 0 Å². The fourth-order valence-corrected chi connectivity index (χ4v) is 4.60. The SMILES string of the molecule is COc1c(Br)cc(CNCc2cc(C)c(C)s2)cc1Br. The van der Waals surface area contributed by atoms with E-state index in [2.05, 4.69) is 69.2 Å². The van der Waals surface area contributed by atoms with Crippen LogP contribution in [-0.2, 0) is 13.1 Å². The largest absolute Gasteiger partial charge is 0.494 e. The molecule has 0 unspecified atom stereocenters. The molecule has 1 aromatic heterocycles. The van der Waals surface area contributed by atoms with Crippen LogP contribution >= 0.6 is 43.2 Å². The number of benzene rings is 1. The molecule has 5 heteroatoms. The Bertz CT molecular complexity index is 567. The molecular weight excluding hydrogens is 402 g/mol. The van der Waals surface area contributed by atoms with Crippen molar-refractivity contribution in [1.82, 2.24) is 5.32 Å². The number of nitrogens with one attached hydrogen (secondary N) is 1. The highest BCUT2D eigenvalue weighted by atomic mass is 79.9.